The van der Waals surface area contributed by atoms with Gasteiger partial charge in [0.05, 0.1) is 6.61 Å². The van der Waals surface area contributed by atoms with Crippen LogP contribution < -0.4 is 0 Å². The Morgan fingerprint density at radius 2 is 1.04 bits per heavy atom. The van der Waals surface area contributed by atoms with Gasteiger partial charge in [-0.2, -0.15) is 0 Å². The molecule has 0 aromatic heterocycles. The molecule has 0 atom stereocenters. The summed E-state index contributed by atoms with van der Waals surface area (Å²) in [6.07, 6.45) is 2.04. The number of aliphatic hydroxyl groups is 1. The van der Waals surface area contributed by atoms with Gasteiger partial charge in [0.1, 0.15) is 0 Å². The zero-order valence-corrected chi connectivity index (χ0v) is 13.2. The summed E-state index contributed by atoms with van der Waals surface area (Å²) in [6.45, 7) is 0.0995. The Balaban J connectivity index is 1.85. The maximum atomic E-state index is 9.24. The third kappa shape index (κ3) is 4.30. The summed E-state index contributed by atoms with van der Waals surface area (Å²) in [7, 11) is 0. The molecule has 0 bridgehead atoms. The smallest absolute Gasteiger partial charge is 0.0681 e. The average molecular weight is 302 g/mol. The van der Waals surface area contributed by atoms with E-state index in [0.29, 0.717) is 5.92 Å². The highest BCUT2D eigenvalue weighted by molar-refractivity contribution is 5.30. The van der Waals surface area contributed by atoms with Gasteiger partial charge in [0.25, 0.3) is 0 Å². The van der Waals surface area contributed by atoms with Crippen molar-refractivity contribution in [2.75, 3.05) is 0 Å². The van der Waals surface area contributed by atoms with Crippen LogP contribution in [0, 0.1) is 0 Å². The van der Waals surface area contributed by atoms with Gasteiger partial charge in [0, 0.05) is 0 Å². The van der Waals surface area contributed by atoms with E-state index in [9.17, 15) is 5.11 Å². The summed E-state index contributed by atoms with van der Waals surface area (Å²) in [4.78, 5) is 0. The van der Waals surface area contributed by atoms with Crippen LogP contribution in [0.1, 0.15) is 28.2 Å². The lowest BCUT2D eigenvalue weighted by molar-refractivity contribution is 0.282. The van der Waals surface area contributed by atoms with Gasteiger partial charge in [-0.25, -0.2) is 0 Å². The third-order valence-corrected chi connectivity index (χ3v) is 4.28. The van der Waals surface area contributed by atoms with Crippen LogP contribution in [0.15, 0.2) is 84.9 Å². The Morgan fingerprint density at radius 3 is 1.48 bits per heavy atom. The summed E-state index contributed by atoms with van der Waals surface area (Å²) < 4.78 is 0. The van der Waals surface area contributed by atoms with Gasteiger partial charge in [-0.3, -0.25) is 0 Å². The SMILES string of the molecule is OCc1ccc(C(Cc2ccccc2)Cc2ccccc2)cc1. The van der Waals surface area contributed by atoms with Crippen LogP contribution in [-0.2, 0) is 19.4 Å². The van der Waals surface area contributed by atoms with E-state index in [1.807, 2.05) is 12.1 Å². The minimum Gasteiger partial charge on any atom is -0.392 e. The minimum absolute atomic E-state index is 0.0995. The lowest BCUT2D eigenvalue weighted by atomic mass is 9.86. The molecule has 1 heteroatoms. The van der Waals surface area contributed by atoms with Gasteiger partial charge < -0.3 is 5.11 Å². The molecular formula is C22H22O. The van der Waals surface area contributed by atoms with Gasteiger partial charge in [0.15, 0.2) is 0 Å². The Hall–Kier alpha value is -2.38. The van der Waals surface area contributed by atoms with Crippen molar-refractivity contribution >= 4 is 0 Å². The van der Waals surface area contributed by atoms with E-state index in [1.54, 1.807) is 0 Å². The summed E-state index contributed by atoms with van der Waals surface area (Å²) in [6, 6.07) is 29.7. The Bertz CT molecular complexity index is 660. The third-order valence-electron chi connectivity index (χ3n) is 4.28. The standard InChI is InChI=1S/C22H22O/c23-17-20-11-13-21(14-12-20)22(15-18-7-3-1-4-8-18)16-19-9-5-2-6-10-19/h1-14,22-23H,15-17H2. The molecule has 3 aromatic rings. The van der Waals surface area contributed by atoms with Crippen LogP contribution in [0.4, 0.5) is 0 Å². The van der Waals surface area contributed by atoms with Crippen LogP contribution in [-0.4, -0.2) is 5.11 Å². The predicted molar refractivity (Wildman–Crippen MR) is 95.4 cm³/mol. The van der Waals surface area contributed by atoms with Crippen LogP contribution >= 0.6 is 0 Å². The zero-order valence-electron chi connectivity index (χ0n) is 13.2. The molecule has 116 valence electrons. The number of rotatable bonds is 6. The molecule has 0 aliphatic heterocycles. The van der Waals surface area contributed by atoms with Crippen molar-refractivity contribution in [3.05, 3.63) is 107 Å². The summed E-state index contributed by atoms with van der Waals surface area (Å²) in [5.74, 6) is 0.438. The van der Waals surface area contributed by atoms with E-state index in [0.717, 1.165) is 18.4 Å². The largest absolute Gasteiger partial charge is 0.392 e. The first-order valence-electron chi connectivity index (χ1n) is 8.12. The monoisotopic (exact) mass is 302 g/mol. The first-order valence-corrected chi connectivity index (χ1v) is 8.12. The normalized spacial score (nSPS) is 10.9. The maximum absolute atomic E-state index is 9.24. The topological polar surface area (TPSA) is 20.2 Å². The maximum Gasteiger partial charge on any atom is 0.0681 e. The molecule has 0 fully saturated rings. The molecule has 1 nitrogen and oxygen atoms in total. The molecule has 0 aliphatic rings. The number of aliphatic hydroxyl groups excluding tert-OH is 1. The Labute approximate surface area is 138 Å². The van der Waals surface area contributed by atoms with Gasteiger partial charge in [-0.15, -0.1) is 0 Å². The van der Waals surface area contributed by atoms with Crippen molar-refractivity contribution in [1.29, 1.82) is 0 Å². The molecule has 0 saturated carbocycles. The molecule has 0 saturated heterocycles. The first kappa shape index (κ1) is 15.5. The second-order valence-corrected chi connectivity index (χ2v) is 5.98. The molecule has 3 aromatic carbocycles. The van der Waals surface area contributed by atoms with Gasteiger partial charge in [0.2, 0.25) is 0 Å². The summed E-state index contributed by atoms with van der Waals surface area (Å²) in [5, 5.41) is 9.24. The minimum atomic E-state index is 0.0995. The molecule has 23 heavy (non-hydrogen) atoms. The van der Waals surface area contributed by atoms with E-state index in [4.69, 9.17) is 0 Å². The summed E-state index contributed by atoms with van der Waals surface area (Å²) in [5.41, 5.74) is 5.01. The number of hydrogen-bond acceptors (Lipinski definition) is 1. The van der Waals surface area contributed by atoms with Crippen molar-refractivity contribution in [2.45, 2.75) is 25.4 Å². The highest BCUT2D eigenvalue weighted by Gasteiger charge is 2.13. The fourth-order valence-corrected chi connectivity index (χ4v) is 3.00. The molecular weight excluding hydrogens is 280 g/mol. The molecule has 0 aliphatic carbocycles. The predicted octanol–water partition coefficient (Wildman–Crippen LogP) is 4.75. The quantitative estimate of drug-likeness (QED) is 0.697. The number of benzene rings is 3. The van der Waals surface area contributed by atoms with E-state index in [2.05, 4.69) is 72.8 Å². The van der Waals surface area contributed by atoms with E-state index < -0.39 is 0 Å². The van der Waals surface area contributed by atoms with Crippen molar-refractivity contribution in [2.24, 2.45) is 0 Å². The zero-order chi connectivity index (χ0) is 15.9. The van der Waals surface area contributed by atoms with Crippen molar-refractivity contribution in [1.82, 2.24) is 0 Å². The molecule has 0 unspecified atom stereocenters. The summed E-state index contributed by atoms with van der Waals surface area (Å²) >= 11 is 0. The Morgan fingerprint density at radius 1 is 0.565 bits per heavy atom. The Kier molecular flexibility index (Phi) is 5.23. The fraction of sp³-hybridized carbons (Fsp3) is 0.182. The lowest BCUT2D eigenvalue weighted by Gasteiger charge is -2.18. The molecule has 3 rings (SSSR count). The van der Waals surface area contributed by atoms with E-state index >= 15 is 0 Å². The second kappa shape index (κ2) is 7.75. The van der Waals surface area contributed by atoms with Gasteiger partial charge in [-0.05, 0) is 41.0 Å². The fourth-order valence-electron chi connectivity index (χ4n) is 3.00. The van der Waals surface area contributed by atoms with Crippen molar-refractivity contribution < 1.29 is 5.11 Å². The molecule has 0 radical (unpaired) electrons. The second-order valence-electron chi connectivity index (χ2n) is 5.98. The van der Waals surface area contributed by atoms with Gasteiger partial charge in [-0.1, -0.05) is 84.9 Å². The van der Waals surface area contributed by atoms with Crippen LogP contribution in [0.3, 0.4) is 0 Å². The van der Waals surface area contributed by atoms with Crippen molar-refractivity contribution in [3.63, 3.8) is 0 Å². The molecule has 0 amide bonds. The molecule has 0 spiro atoms. The molecule has 1 N–H and O–H groups in total. The van der Waals surface area contributed by atoms with Crippen LogP contribution in [0.2, 0.25) is 0 Å². The van der Waals surface area contributed by atoms with Crippen molar-refractivity contribution in [3.8, 4) is 0 Å². The number of hydrogen-bond donors (Lipinski definition) is 1. The first-order chi connectivity index (χ1) is 11.3. The van der Waals surface area contributed by atoms with E-state index in [1.165, 1.54) is 16.7 Å². The average Bonchev–Trinajstić information content (AvgIpc) is 2.63. The van der Waals surface area contributed by atoms with Gasteiger partial charge >= 0.3 is 0 Å². The van der Waals surface area contributed by atoms with Crippen LogP contribution in [0.25, 0.3) is 0 Å². The van der Waals surface area contributed by atoms with E-state index in [-0.39, 0.29) is 6.61 Å². The van der Waals surface area contributed by atoms with Crippen LogP contribution in [0.5, 0.6) is 0 Å². The highest BCUT2D eigenvalue weighted by Crippen LogP contribution is 2.25. The highest BCUT2D eigenvalue weighted by atomic mass is 16.3. The lowest BCUT2D eigenvalue weighted by Crippen LogP contribution is -2.07. The molecule has 0 heterocycles.